The molecule has 1 fully saturated rings. The first-order chi connectivity index (χ1) is 8.95. The summed E-state index contributed by atoms with van der Waals surface area (Å²) in [5, 5.41) is 18.8. The van der Waals surface area contributed by atoms with Crippen LogP contribution in [0.3, 0.4) is 0 Å². The second kappa shape index (κ2) is 4.93. The lowest BCUT2D eigenvalue weighted by atomic mass is 9.83. The first-order valence-corrected chi connectivity index (χ1v) is 6.45. The van der Waals surface area contributed by atoms with Crippen LogP contribution in [0.2, 0.25) is 0 Å². The van der Waals surface area contributed by atoms with Crippen LogP contribution in [-0.2, 0) is 0 Å². The van der Waals surface area contributed by atoms with E-state index in [2.05, 4.69) is 6.07 Å². The van der Waals surface area contributed by atoms with E-state index < -0.39 is 5.41 Å². The van der Waals surface area contributed by atoms with Crippen LogP contribution in [-0.4, -0.2) is 29.0 Å². The van der Waals surface area contributed by atoms with E-state index in [1.165, 1.54) is 6.07 Å². The molecule has 0 radical (unpaired) electrons. The van der Waals surface area contributed by atoms with E-state index in [0.29, 0.717) is 18.7 Å². The summed E-state index contributed by atoms with van der Waals surface area (Å²) in [5.74, 6) is 0.0161. The van der Waals surface area contributed by atoms with Crippen LogP contribution in [0, 0.1) is 23.7 Å². The molecular formula is C15H18N2O2. The van der Waals surface area contributed by atoms with Gasteiger partial charge in [0.2, 0.25) is 0 Å². The summed E-state index contributed by atoms with van der Waals surface area (Å²) < 4.78 is 0. The number of rotatable bonds is 1. The molecule has 1 aliphatic rings. The van der Waals surface area contributed by atoms with Crippen molar-refractivity contribution >= 4 is 5.91 Å². The van der Waals surface area contributed by atoms with Crippen LogP contribution < -0.4 is 0 Å². The molecule has 19 heavy (non-hydrogen) atoms. The van der Waals surface area contributed by atoms with Gasteiger partial charge in [-0.3, -0.25) is 4.79 Å². The van der Waals surface area contributed by atoms with Gasteiger partial charge < -0.3 is 10.0 Å². The third-order valence-corrected chi connectivity index (χ3v) is 3.71. The Bertz CT molecular complexity index is 548. The van der Waals surface area contributed by atoms with Crippen molar-refractivity contribution in [1.29, 1.82) is 5.26 Å². The number of aryl methyl sites for hydroxylation is 1. The van der Waals surface area contributed by atoms with Crippen molar-refractivity contribution in [3.63, 3.8) is 0 Å². The maximum atomic E-state index is 12.4. The van der Waals surface area contributed by atoms with Crippen LogP contribution in [0.4, 0.5) is 0 Å². The molecule has 1 heterocycles. The molecular weight excluding hydrogens is 240 g/mol. The highest BCUT2D eigenvalue weighted by molar-refractivity contribution is 5.94. The van der Waals surface area contributed by atoms with E-state index in [4.69, 9.17) is 0 Å². The molecule has 1 aromatic carbocycles. The Morgan fingerprint density at radius 1 is 1.53 bits per heavy atom. The van der Waals surface area contributed by atoms with Gasteiger partial charge in [0.25, 0.3) is 5.91 Å². The average molecular weight is 258 g/mol. The largest absolute Gasteiger partial charge is 0.508 e. The molecule has 1 aliphatic heterocycles. The third kappa shape index (κ3) is 2.70. The van der Waals surface area contributed by atoms with Crippen LogP contribution in [0.15, 0.2) is 18.2 Å². The van der Waals surface area contributed by atoms with Gasteiger partial charge in [0.15, 0.2) is 0 Å². The number of carbonyl (C=O) groups excluding carboxylic acids is 1. The topological polar surface area (TPSA) is 64.3 Å². The lowest BCUT2D eigenvalue weighted by molar-refractivity contribution is 0.0629. The summed E-state index contributed by atoms with van der Waals surface area (Å²) in [5.41, 5.74) is 0.767. The molecule has 0 aliphatic carbocycles. The molecule has 4 heteroatoms. The minimum atomic E-state index is -0.458. The molecule has 1 atom stereocenters. The molecule has 4 nitrogen and oxygen atoms in total. The van der Waals surface area contributed by atoms with E-state index in [9.17, 15) is 15.2 Å². The summed E-state index contributed by atoms with van der Waals surface area (Å²) in [7, 11) is 0. The highest BCUT2D eigenvalue weighted by Gasteiger charge is 2.33. The number of nitrogens with zero attached hydrogens (tertiary/aromatic N) is 2. The molecule has 0 unspecified atom stereocenters. The summed E-state index contributed by atoms with van der Waals surface area (Å²) in [6, 6.07) is 7.24. The van der Waals surface area contributed by atoms with E-state index in [1.807, 2.05) is 6.92 Å². The summed E-state index contributed by atoms with van der Waals surface area (Å²) in [6.45, 7) is 4.80. The molecule has 1 N–H and O–H groups in total. The van der Waals surface area contributed by atoms with Crippen LogP contribution in [0.25, 0.3) is 0 Å². The van der Waals surface area contributed by atoms with E-state index >= 15 is 0 Å². The normalized spacial score (nSPS) is 22.9. The molecule has 100 valence electrons. The van der Waals surface area contributed by atoms with Crippen LogP contribution in [0.5, 0.6) is 5.75 Å². The van der Waals surface area contributed by atoms with Gasteiger partial charge in [0.05, 0.1) is 11.5 Å². The Morgan fingerprint density at radius 2 is 2.26 bits per heavy atom. The zero-order chi connectivity index (χ0) is 14.0. The molecule has 2 rings (SSSR count). The van der Waals surface area contributed by atoms with Crippen molar-refractivity contribution in [2.45, 2.75) is 26.7 Å². The molecule has 0 bridgehead atoms. The maximum absolute atomic E-state index is 12.4. The zero-order valence-electron chi connectivity index (χ0n) is 11.3. The number of hydrogen-bond donors (Lipinski definition) is 1. The van der Waals surface area contributed by atoms with Gasteiger partial charge in [-0.1, -0.05) is 6.07 Å². The number of benzene rings is 1. The third-order valence-electron chi connectivity index (χ3n) is 3.71. The Hall–Kier alpha value is -2.02. The number of amides is 1. The van der Waals surface area contributed by atoms with Crippen molar-refractivity contribution in [3.8, 4) is 11.8 Å². The Balaban J connectivity index is 2.20. The number of aromatic hydroxyl groups is 1. The molecule has 0 saturated carbocycles. The number of carbonyl (C=O) groups is 1. The van der Waals surface area contributed by atoms with Gasteiger partial charge in [-0.15, -0.1) is 0 Å². The second-order valence-corrected chi connectivity index (χ2v) is 5.50. The summed E-state index contributed by atoms with van der Waals surface area (Å²) in [4.78, 5) is 14.1. The number of phenols is 1. The van der Waals surface area contributed by atoms with Gasteiger partial charge in [0, 0.05) is 18.7 Å². The predicted octanol–water partition coefficient (Wildman–Crippen LogP) is 2.47. The first-order valence-electron chi connectivity index (χ1n) is 6.45. The summed E-state index contributed by atoms with van der Waals surface area (Å²) >= 11 is 0. The fourth-order valence-corrected chi connectivity index (χ4v) is 2.43. The highest BCUT2D eigenvalue weighted by Crippen LogP contribution is 2.29. The monoisotopic (exact) mass is 258 g/mol. The average Bonchev–Trinajstić information content (AvgIpc) is 2.41. The zero-order valence-corrected chi connectivity index (χ0v) is 11.3. The van der Waals surface area contributed by atoms with E-state index in [0.717, 1.165) is 18.4 Å². The van der Waals surface area contributed by atoms with Crippen molar-refractivity contribution in [2.75, 3.05) is 13.1 Å². The number of piperidine rings is 1. The SMILES string of the molecule is Cc1ccc(C(=O)N2CCC[C@@](C)(C#N)C2)cc1O. The lowest BCUT2D eigenvalue weighted by Gasteiger charge is -2.36. The lowest BCUT2D eigenvalue weighted by Crippen LogP contribution is -2.44. The Labute approximate surface area is 113 Å². The summed E-state index contributed by atoms with van der Waals surface area (Å²) in [6.07, 6.45) is 1.67. The van der Waals surface area contributed by atoms with Crippen molar-refractivity contribution in [2.24, 2.45) is 5.41 Å². The molecule has 0 spiro atoms. The maximum Gasteiger partial charge on any atom is 0.254 e. The van der Waals surface area contributed by atoms with Gasteiger partial charge in [-0.2, -0.15) is 5.26 Å². The predicted molar refractivity (Wildman–Crippen MR) is 71.7 cm³/mol. The first kappa shape index (κ1) is 13.4. The smallest absolute Gasteiger partial charge is 0.254 e. The number of likely N-dealkylation sites (tertiary alicyclic amines) is 1. The fraction of sp³-hybridized carbons (Fsp3) is 0.467. The van der Waals surface area contributed by atoms with Gasteiger partial charge in [-0.05, 0) is 44.4 Å². The Morgan fingerprint density at radius 3 is 2.89 bits per heavy atom. The molecule has 1 amide bonds. The standard InChI is InChI=1S/C15H18N2O2/c1-11-4-5-12(8-13(11)18)14(19)17-7-3-6-15(2,9-16)10-17/h4-5,8,18H,3,6-7,10H2,1-2H3/t15-/m0/s1. The fourth-order valence-electron chi connectivity index (χ4n) is 2.43. The number of phenolic OH excluding ortho intramolecular Hbond substituents is 1. The van der Waals surface area contributed by atoms with E-state index in [-0.39, 0.29) is 11.7 Å². The second-order valence-electron chi connectivity index (χ2n) is 5.50. The van der Waals surface area contributed by atoms with Crippen LogP contribution in [0.1, 0.15) is 35.7 Å². The molecule has 0 aromatic heterocycles. The molecule has 1 aromatic rings. The van der Waals surface area contributed by atoms with Gasteiger partial charge in [0.1, 0.15) is 5.75 Å². The highest BCUT2D eigenvalue weighted by atomic mass is 16.3. The number of hydrogen-bond acceptors (Lipinski definition) is 3. The van der Waals surface area contributed by atoms with Gasteiger partial charge in [-0.25, -0.2) is 0 Å². The van der Waals surface area contributed by atoms with Gasteiger partial charge >= 0.3 is 0 Å². The molecule has 1 saturated heterocycles. The van der Waals surface area contributed by atoms with Crippen molar-refractivity contribution < 1.29 is 9.90 Å². The van der Waals surface area contributed by atoms with Crippen molar-refractivity contribution in [1.82, 2.24) is 4.90 Å². The van der Waals surface area contributed by atoms with E-state index in [1.54, 1.807) is 24.0 Å². The Kier molecular flexibility index (Phi) is 3.48. The minimum Gasteiger partial charge on any atom is -0.508 e. The quantitative estimate of drug-likeness (QED) is 0.841. The van der Waals surface area contributed by atoms with Crippen molar-refractivity contribution in [3.05, 3.63) is 29.3 Å². The minimum absolute atomic E-state index is 0.114. The number of nitriles is 1. The van der Waals surface area contributed by atoms with Crippen LogP contribution >= 0.6 is 0 Å².